The largest absolute Gasteiger partial charge is 0.493 e. The van der Waals surface area contributed by atoms with Crippen molar-refractivity contribution in [1.82, 2.24) is 4.90 Å². The average Bonchev–Trinajstić information content (AvgIpc) is 3.12. The van der Waals surface area contributed by atoms with E-state index in [0.29, 0.717) is 30.2 Å². The fourth-order valence-electron chi connectivity index (χ4n) is 3.72. The molecule has 4 rings (SSSR count). The number of hydrogen-bond acceptors (Lipinski definition) is 9. The molecule has 36 heavy (non-hydrogen) atoms. The van der Waals surface area contributed by atoms with Crippen molar-refractivity contribution in [2.75, 3.05) is 50.2 Å². The number of ether oxygens (including phenoxy) is 3. The van der Waals surface area contributed by atoms with Gasteiger partial charge in [0.15, 0.2) is 11.5 Å². The van der Waals surface area contributed by atoms with Crippen molar-refractivity contribution in [3.8, 4) is 11.5 Å². The molecule has 0 aliphatic carbocycles. The third-order valence-corrected chi connectivity index (χ3v) is 6.35. The predicted molar refractivity (Wildman–Crippen MR) is 135 cm³/mol. The Labute approximate surface area is 212 Å². The lowest BCUT2D eigenvalue weighted by Gasteiger charge is -2.28. The first kappa shape index (κ1) is 25.3. The zero-order valence-electron chi connectivity index (χ0n) is 19.8. The normalized spacial score (nSPS) is 16.9. The number of esters is 1. The molecule has 2 heterocycles. The summed E-state index contributed by atoms with van der Waals surface area (Å²) >= 11 is 0.748. The number of nitrogens with zero attached hydrogens (tertiary/aromatic N) is 2. The molecule has 0 spiro atoms. The van der Waals surface area contributed by atoms with Crippen LogP contribution in [0.1, 0.15) is 12.5 Å². The van der Waals surface area contributed by atoms with Crippen molar-refractivity contribution < 1.29 is 33.4 Å². The summed E-state index contributed by atoms with van der Waals surface area (Å²) < 4.78 is 15.7. The second-order valence-electron chi connectivity index (χ2n) is 7.97. The zero-order valence-corrected chi connectivity index (χ0v) is 20.6. The van der Waals surface area contributed by atoms with Gasteiger partial charge in [0.2, 0.25) is 5.91 Å². The van der Waals surface area contributed by atoms with E-state index in [2.05, 4.69) is 10.2 Å². The van der Waals surface area contributed by atoms with Gasteiger partial charge in [0, 0.05) is 31.4 Å². The molecule has 0 unspecified atom stereocenters. The van der Waals surface area contributed by atoms with Crippen LogP contribution in [0, 0.1) is 0 Å². The maximum absolute atomic E-state index is 12.8. The highest BCUT2D eigenvalue weighted by atomic mass is 32.2. The smallest absolute Gasteiger partial charge is 0.308 e. The van der Waals surface area contributed by atoms with Crippen LogP contribution in [0.3, 0.4) is 0 Å². The van der Waals surface area contributed by atoms with Crippen molar-refractivity contribution in [3.05, 3.63) is 52.9 Å². The number of morpholine rings is 1. The van der Waals surface area contributed by atoms with Gasteiger partial charge in [-0.25, -0.2) is 0 Å². The molecule has 2 aliphatic rings. The van der Waals surface area contributed by atoms with E-state index in [1.807, 2.05) is 12.1 Å². The number of carbonyl (C=O) groups is 4. The first-order valence-corrected chi connectivity index (χ1v) is 12.0. The summed E-state index contributed by atoms with van der Waals surface area (Å²) in [5, 5.41) is 2.19. The van der Waals surface area contributed by atoms with Crippen molar-refractivity contribution >= 4 is 52.2 Å². The number of imide groups is 1. The van der Waals surface area contributed by atoms with Crippen molar-refractivity contribution in [2.45, 2.75) is 6.92 Å². The fraction of sp³-hybridized carbons (Fsp3) is 0.280. The van der Waals surface area contributed by atoms with Gasteiger partial charge in [0.1, 0.15) is 6.54 Å². The topological polar surface area (TPSA) is 114 Å². The van der Waals surface area contributed by atoms with Crippen LogP contribution in [0.15, 0.2) is 47.4 Å². The van der Waals surface area contributed by atoms with Crippen LogP contribution in [0.2, 0.25) is 0 Å². The summed E-state index contributed by atoms with van der Waals surface area (Å²) in [7, 11) is 1.43. The molecule has 1 N–H and O–H groups in total. The van der Waals surface area contributed by atoms with E-state index in [9.17, 15) is 19.2 Å². The Bertz CT molecular complexity index is 1210. The number of benzene rings is 2. The van der Waals surface area contributed by atoms with Gasteiger partial charge >= 0.3 is 5.97 Å². The van der Waals surface area contributed by atoms with E-state index in [4.69, 9.17) is 14.2 Å². The molecule has 2 aromatic rings. The second-order valence-corrected chi connectivity index (χ2v) is 8.96. The molecular formula is C25H25N3O7S. The monoisotopic (exact) mass is 511 g/mol. The van der Waals surface area contributed by atoms with E-state index < -0.39 is 29.6 Å². The first-order valence-electron chi connectivity index (χ1n) is 11.2. The maximum Gasteiger partial charge on any atom is 0.308 e. The molecule has 2 aromatic carbocycles. The minimum Gasteiger partial charge on any atom is -0.493 e. The molecule has 10 nitrogen and oxygen atoms in total. The minimum atomic E-state index is -0.564. The van der Waals surface area contributed by atoms with Crippen LogP contribution in [0.4, 0.5) is 16.2 Å². The molecule has 2 fully saturated rings. The van der Waals surface area contributed by atoms with E-state index in [1.165, 1.54) is 26.2 Å². The molecule has 0 radical (unpaired) electrons. The van der Waals surface area contributed by atoms with E-state index in [-0.39, 0.29) is 10.7 Å². The summed E-state index contributed by atoms with van der Waals surface area (Å²) in [6, 6.07) is 12.1. The van der Waals surface area contributed by atoms with Gasteiger partial charge in [0.05, 0.1) is 25.2 Å². The maximum atomic E-state index is 12.8. The number of anilines is 2. The van der Waals surface area contributed by atoms with Gasteiger partial charge in [-0.1, -0.05) is 6.07 Å². The highest BCUT2D eigenvalue weighted by Crippen LogP contribution is 2.34. The summed E-state index contributed by atoms with van der Waals surface area (Å²) in [5.74, 6) is -0.994. The second kappa shape index (κ2) is 11.3. The van der Waals surface area contributed by atoms with Crippen LogP contribution in [0.25, 0.3) is 6.08 Å². The van der Waals surface area contributed by atoms with Gasteiger partial charge in [-0.15, -0.1) is 0 Å². The number of rotatable bonds is 7. The van der Waals surface area contributed by atoms with Gasteiger partial charge < -0.3 is 24.4 Å². The molecule has 0 bridgehead atoms. The van der Waals surface area contributed by atoms with Crippen LogP contribution in [0.5, 0.6) is 11.5 Å². The number of hydrogen-bond donors (Lipinski definition) is 1. The third-order valence-electron chi connectivity index (χ3n) is 5.44. The predicted octanol–water partition coefficient (Wildman–Crippen LogP) is 3.13. The fourth-order valence-corrected chi connectivity index (χ4v) is 4.56. The summed E-state index contributed by atoms with van der Waals surface area (Å²) in [5.41, 5.74) is 2.17. The van der Waals surface area contributed by atoms with E-state index in [1.54, 1.807) is 24.3 Å². The Balaban J connectivity index is 1.38. The lowest BCUT2D eigenvalue weighted by molar-refractivity contribution is -0.132. The Morgan fingerprint density at radius 2 is 1.81 bits per heavy atom. The summed E-state index contributed by atoms with van der Waals surface area (Å²) in [4.78, 5) is 52.3. The van der Waals surface area contributed by atoms with Crippen molar-refractivity contribution in [1.29, 1.82) is 0 Å². The number of carbonyl (C=O) groups excluding carboxylic acids is 4. The van der Waals surface area contributed by atoms with Gasteiger partial charge in [-0.3, -0.25) is 24.1 Å². The molecule has 0 atom stereocenters. The Hall–Kier alpha value is -3.83. The summed E-state index contributed by atoms with van der Waals surface area (Å²) in [6.45, 7) is 3.85. The van der Waals surface area contributed by atoms with Crippen LogP contribution in [-0.4, -0.2) is 67.9 Å². The van der Waals surface area contributed by atoms with Crippen LogP contribution < -0.4 is 19.7 Å². The van der Waals surface area contributed by atoms with E-state index in [0.717, 1.165) is 35.4 Å². The third kappa shape index (κ3) is 6.04. The first-order chi connectivity index (χ1) is 17.3. The highest BCUT2D eigenvalue weighted by Gasteiger charge is 2.36. The Morgan fingerprint density at radius 1 is 1.08 bits per heavy atom. The molecule has 2 saturated heterocycles. The summed E-state index contributed by atoms with van der Waals surface area (Å²) in [6.07, 6.45) is 1.52. The van der Waals surface area contributed by atoms with Crippen molar-refractivity contribution in [3.63, 3.8) is 0 Å². The standard InChI is InChI=1S/C25H25N3O7S/c1-16(29)35-20-8-3-17(13-21(20)33-2)14-22-24(31)28(25(32)36-22)15-23(30)26-18-4-6-19(7-5-18)27-9-11-34-12-10-27/h3-8,13-14H,9-12,15H2,1-2H3,(H,26,30)/b22-14-. The van der Waals surface area contributed by atoms with Crippen LogP contribution >= 0.6 is 11.8 Å². The molecule has 0 aromatic heterocycles. The lowest BCUT2D eigenvalue weighted by atomic mass is 10.2. The number of thioether (sulfide) groups is 1. The van der Waals surface area contributed by atoms with Gasteiger partial charge in [0.25, 0.3) is 11.1 Å². The SMILES string of the molecule is COc1cc(/C=C2\SC(=O)N(CC(=O)Nc3ccc(N4CCOCC4)cc3)C2=O)ccc1OC(C)=O. The molecule has 0 saturated carbocycles. The Morgan fingerprint density at radius 3 is 2.47 bits per heavy atom. The quantitative estimate of drug-likeness (QED) is 0.340. The highest BCUT2D eigenvalue weighted by molar-refractivity contribution is 8.18. The molecule has 3 amide bonds. The van der Waals surface area contributed by atoms with Gasteiger partial charge in [-0.2, -0.15) is 0 Å². The number of amides is 3. The molecular weight excluding hydrogens is 486 g/mol. The molecule has 188 valence electrons. The molecule has 11 heteroatoms. The Kier molecular flexibility index (Phi) is 7.91. The number of methoxy groups -OCH3 is 1. The molecule has 2 aliphatic heterocycles. The zero-order chi connectivity index (χ0) is 25.7. The van der Waals surface area contributed by atoms with Gasteiger partial charge in [-0.05, 0) is 59.8 Å². The number of nitrogens with one attached hydrogen (secondary N) is 1. The minimum absolute atomic E-state index is 0.171. The lowest BCUT2D eigenvalue weighted by Crippen LogP contribution is -2.36. The van der Waals surface area contributed by atoms with E-state index >= 15 is 0 Å². The average molecular weight is 512 g/mol. The van der Waals surface area contributed by atoms with Crippen molar-refractivity contribution in [2.24, 2.45) is 0 Å². The van der Waals surface area contributed by atoms with Crippen LogP contribution in [-0.2, 0) is 19.1 Å².